The van der Waals surface area contributed by atoms with Crippen molar-refractivity contribution >= 4 is 11.6 Å². The van der Waals surface area contributed by atoms with Crippen molar-refractivity contribution in [3.8, 4) is 0 Å². The number of hydrogen-bond donors (Lipinski definition) is 1. The van der Waals surface area contributed by atoms with Crippen LogP contribution in [0.2, 0.25) is 5.15 Å². The molecule has 6 nitrogen and oxygen atoms in total. The van der Waals surface area contributed by atoms with E-state index in [0.29, 0.717) is 11.7 Å². The van der Waals surface area contributed by atoms with Gasteiger partial charge in [-0.05, 0) is 6.54 Å². The van der Waals surface area contributed by atoms with Gasteiger partial charge in [-0.25, -0.2) is 9.67 Å². The van der Waals surface area contributed by atoms with Crippen LogP contribution in [0.1, 0.15) is 18.4 Å². The predicted molar refractivity (Wildman–Crippen MR) is 64.7 cm³/mol. The Kier molecular flexibility index (Phi) is 3.75. The summed E-state index contributed by atoms with van der Waals surface area (Å²) in [4.78, 5) is 4.21. The maximum absolute atomic E-state index is 5.91. The SMILES string of the molecule is CCNCc1cn(Cc2ncc(Cl)n2C)nn1. The van der Waals surface area contributed by atoms with Crippen molar-refractivity contribution in [2.24, 2.45) is 7.05 Å². The molecule has 0 unspecified atom stereocenters. The molecule has 0 amide bonds. The maximum atomic E-state index is 5.91. The molecule has 0 aromatic carbocycles. The van der Waals surface area contributed by atoms with Crippen molar-refractivity contribution in [1.82, 2.24) is 29.9 Å². The highest BCUT2D eigenvalue weighted by Crippen LogP contribution is 2.09. The fourth-order valence-electron chi connectivity index (χ4n) is 1.47. The van der Waals surface area contributed by atoms with Crippen LogP contribution in [0, 0.1) is 0 Å². The van der Waals surface area contributed by atoms with Gasteiger partial charge in [-0.1, -0.05) is 23.7 Å². The van der Waals surface area contributed by atoms with E-state index in [1.165, 1.54) is 0 Å². The van der Waals surface area contributed by atoms with Gasteiger partial charge in [-0.3, -0.25) is 0 Å². The lowest BCUT2D eigenvalue weighted by molar-refractivity contribution is 0.607. The average Bonchev–Trinajstić information content (AvgIpc) is 2.89. The van der Waals surface area contributed by atoms with Gasteiger partial charge >= 0.3 is 0 Å². The topological polar surface area (TPSA) is 60.6 Å². The molecule has 0 radical (unpaired) electrons. The van der Waals surface area contributed by atoms with Gasteiger partial charge in [0.05, 0.1) is 18.1 Å². The zero-order chi connectivity index (χ0) is 12.3. The minimum absolute atomic E-state index is 0.572. The van der Waals surface area contributed by atoms with Crippen molar-refractivity contribution in [3.63, 3.8) is 0 Å². The highest BCUT2D eigenvalue weighted by molar-refractivity contribution is 6.29. The van der Waals surface area contributed by atoms with Gasteiger partial charge in [-0.2, -0.15) is 0 Å². The normalized spacial score (nSPS) is 11.0. The van der Waals surface area contributed by atoms with E-state index in [-0.39, 0.29) is 0 Å². The van der Waals surface area contributed by atoms with Gasteiger partial charge < -0.3 is 9.88 Å². The Labute approximate surface area is 105 Å². The first kappa shape index (κ1) is 12.1. The minimum atomic E-state index is 0.572. The molecule has 0 saturated heterocycles. The van der Waals surface area contributed by atoms with Crippen LogP contribution in [-0.4, -0.2) is 31.1 Å². The summed E-state index contributed by atoms with van der Waals surface area (Å²) < 4.78 is 3.58. The Morgan fingerprint density at radius 2 is 2.29 bits per heavy atom. The number of nitrogens with zero attached hydrogens (tertiary/aromatic N) is 5. The Hall–Kier alpha value is -1.40. The lowest BCUT2D eigenvalue weighted by Crippen LogP contribution is -2.11. The molecule has 2 aromatic rings. The molecule has 0 aliphatic carbocycles. The van der Waals surface area contributed by atoms with Crippen LogP contribution in [0.15, 0.2) is 12.4 Å². The van der Waals surface area contributed by atoms with Crippen molar-refractivity contribution in [1.29, 1.82) is 0 Å². The minimum Gasteiger partial charge on any atom is -0.321 e. The lowest BCUT2D eigenvalue weighted by atomic mass is 10.4. The summed E-state index contributed by atoms with van der Waals surface area (Å²) in [6.07, 6.45) is 3.54. The molecule has 1 N–H and O–H groups in total. The van der Waals surface area contributed by atoms with E-state index < -0.39 is 0 Å². The van der Waals surface area contributed by atoms with Gasteiger partial charge in [0, 0.05) is 13.6 Å². The molecule has 2 rings (SSSR count). The Bertz CT molecular complexity index is 489. The van der Waals surface area contributed by atoms with Gasteiger partial charge in [-0.15, -0.1) is 5.10 Å². The number of hydrogen-bond acceptors (Lipinski definition) is 4. The Morgan fingerprint density at radius 3 is 2.94 bits per heavy atom. The number of nitrogens with one attached hydrogen (secondary N) is 1. The lowest BCUT2D eigenvalue weighted by Gasteiger charge is -2.01. The zero-order valence-corrected chi connectivity index (χ0v) is 10.6. The summed E-state index contributed by atoms with van der Waals surface area (Å²) in [7, 11) is 1.88. The van der Waals surface area contributed by atoms with Crippen molar-refractivity contribution in [2.75, 3.05) is 6.54 Å². The highest BCUT2D eigenvalue weighted by Gasteiger charge is 2.06. The molecule has 2 aromatic heterocycles. The number of rotatable bonds is 5. The average molecular weight is 255 g/mol. The van der Waals surface area contributed by atoms with Crippen LogP contribution in [-0.2, 0) is 20.1 Å². The van der Waals surface area contributed by atoms with E-state index in [2.05, 4.69) is 27.5 Å². The first-order valence-corrected chi connectivity index (χ1v) is 5.84. The predicted octanol–water partition coefficient (Wildman–Crippen LogP) is 0.823. The molecule has 2 heterocycles. The summed E-state index contributed by atoms with van der Waals surface area (Å²) in [6.45, 7) is 4.28. The summed E-state index contributed by atoms with van der Waals surface area (Å²) in [6, 6.07) is 0. The van der Waals surface area contributed by atoms with Gasteiger partial charge in [0.1, 0.15) is 17.5 Å². The van der Waals surface area contributed by atoms with Crippen LogP contribution < -0.4 is 5.32 Å². The Balaban J connectivity index is 2.04. The molecular weight excluding hydrogens is 240 g/mol. The first-order chi connectivity index (χ1) is 8.20. The molecule has 0 fully saturated rings. The van der Waals surface area contributed by atoms with Crippen molar-refractivity contribution in [2.45, 2.75) is 20.0 Å². The highest BCUT2D eigenvalue weighted by atomic mass is 35.5. The van der Waals surface area contributed by atoms with Gasteiger partial charge in [0.25, 0.3) is 0 Å². The molecule has 0 aliphatic heterocycles. The molecule has 0 bridgehead atoms. The molecule has 0 saturated carbocycles. The molecular formula is C10H15ClN6. The summed E-state index contributed by atoms with van der Waals surface area (Å²) in [5.41, 5.74) is 0.923. The molecule has 0 atom stereocenters. The largest absolute Gasteiger partial charge is 0.321 e. The van der Waals surface area contributed by atoms with E-state index >= 15 is 0 Å². The zero-order valence-electron chi connectivity index (χ0n) is 9.89. The third-order valence-corrected chi connectivity index (χ3v) is 2.82. The van der Waals surface area contributed by atoms with E-state index in [1.807, 2.05) is 17.8 Å². The third kappa shape index (κ3) is 2.83. The molecule has 92 valence electrons. The molecule has 0 spiro atoms. The fraction of sp³-hybridized carbons (Fsp3) is 0.500. The van der Waals surface area contributed by atoms with Gasteiger partial charge in [0.15, 0.2) is 0 Å². The monoisotopic (exact) mass is 254 g/mol. The van der Waals surface area contributed by atoms with E-state index in [1.54, 1.807) is 10.9 Å². The van der Waals surface area contributed by atoms with E-state index in [9.17, 15) is 0 Å². The smallest absolute Gasteiger partial charge is 0.131 e. The Morgan fingerprint density at radius 1 is 1.47 bits per heavy atom. The van der Waals surface area contributed by atoms with Crippen LogP contribution in [0.25, 0.3) is 0 Å². The number of aromatic nitrogens is 5. The van der Waals surface area contributed by atoms with Crippen LogP contribution >= 0.6 is 11.6 Å². The summed E-state index contributed by atoms with van der Waals surface area (Å²) >= 11 is 5.91. The van der Waals surface area contributed by atoms with Crippen LogP contribution in [0.3, 0.4) is 0 Å². The first-order valence-electron chi connectivity index (χ1n) is 5.46. The fourth-order valence-corrected chi connectivity index (χ4v) is 1.61. The number of halogens is 1. The second kappa shape index (κ2) is 5.29. The number of imidazole rings is 1. The van der Waals surface area contributed by atoms with E-state index in [0.717, 1.165) is 24.6 Å². The van der Waals surface area contributed by atoms with E-state index in [4.69, 9.17) is 11.6 Å². The summed E-state index contributed by atoms with van der Waals surface area (Å²) in [5, 5.41) is 11.9. The quantitative estimate of drug-likeness (QED) is 0.858. The second-order valence-electron chi connectivity index (χ2n) is 3.74. The standard InChI is InChI=1S/C10H15ClN6/c1-3-12-4-8-6-17(15-14-8)7-10-13-5-9(11)16(10)2/h5-6,12H,3-4,7H2,1-2H3. The molecule has 7 heteroatoms. The molecule has 17 heavy (non-hydrogen) atoms. The third-order valence-electron chi connectivity index (χ3n) is 2.47. The van der Waals surface area contributed by atoms with Crippen molar-refractivity contribution in [3.05, 3.63) is 29.1 Å². The van der Waals surface area contributed by atoms with Crippen LogP contribution in [0.5, 0.6) is 0 Å². The van der Waals surface area contributed by atoms with Crippen LogP contribution in [0.4, 0.5) is 0 Å². The summed E-state index contributed by atoms with van der Waals surface area (Å²) in [5.74, 6) is 0.856. The van der Waals surface area contributed by atoms with Crippen molar-refractivity contribution < 1.29 is 0 Å². The molecule has 0 aliphatic rings. The second-order valence-corrected chi connectivity index (χ2v) is 4.13. The van der Waals surface area contributed by atoms with Gasteiger partial charge in [0.2, 0.25) is 0 Å². The maximum Gasteiger partial charge on any atom is 0.131 e.